The molecule has 3 N–H and O–H groups in total. The first-order chi connectivity index (χ1) is 9.13. The lowest BCUT2D eigenvalue weighted by Crippen LogP contribution is -2.28. The van der Waals surface area contributed by atoms with E-state index < -0.39 is 5.69 Å². The lowest BCUT2D eigenvalue weighted by Gasteiger charge is -2.06. The summed E-state index contributed by atoms with van der Waals surface area (Å²) in [5.41, 5.74) is -0.438. The summed E-state index contributed by atoms with van der Waals surface area (Å²) < 4.78 is 17.8. The van der Waals surface area contributed by atoms with Crippen molar-refractivity contribution in [2.45, 2.75) is 6.54 Å². The number of H-pyrrole nitrogens is 2. The topological polar surface area (TPSA) is 99.9 Å². The molecule has 2 aromatic rings. The molecule has 1 aromatic carbocycles. The number of carbonyl (C=O) groups is 1. The Morgan fingerprint density at radius 2 is 2.11 bits per heavy atom. The van der Waals surface area contributed by atoms with Gasteiger partial charge >= 0.3 is 5.69 Å². The van der Waals surface area contributed by atoms with E-state index in [0.29, 0.717) is 11.6 Å². The van der Waals surface area contributed by atoms with E-state index in [1.807, 2.05) is 0 Å². The average molecular weight is 266 g/mol. The number of rotatable bonds is 5. The maximum absolute atomic E-state index is 12.6. The van der Waals surface area contributed by atoms with E-state index in [-0.39, 0.29) is 24.9 Å². The van der Waals surface area contributed by atoms with Gasteiger partial charge in [-0.15, -0.1) is 0 Å². The number of hydrogen-bond acceptors (Lipinski definition) is 4. The number of aromatic nitrogens is 3. The molecule has 0 saturated heterocycles. The largest absolute Gasteiger partial charge is 0.484 e. The fourth-order valence-corrected chi connectivity index (χ4v) is 1.30. The van der Waals surface area contributed by atoms with Crippen molar-refractivity contribution in [1.82, 2.24) is 20.5 Å². The molecule has 8 heteroatoms. The molecule has 0 atom stereocenters. The molecule has 0 spiro atoms. The third kappa shape index (κ3) is 3.95. The molecule has 1 amide bonds. The van der Waals surface area contributed by atoms with Crippen LogP contribution >= 0.6 is 0 Å². The van der Waals surface area contributed by atoms with E-state index in [9.17, 15) is 14.0 Å². The number of aromatic amines is 2. The summed E-state index contributed by atoms with van der Waals surface area (Å²) in [6.07, 6.45) is 0. The monoisotopic (exact) mass is 266 g/mol. The first kappa shape index (κ1) is 12.8. The summed E-state index contributed by atoms with van der Waals surface area (Å²) in [7, 11) is 0. The van der Waals surface area contributed by atoms with Crippen LogP contribution in [-0.4, -0.2) is 27.7 Å². The van der Waals surface area contributed by atoms with Crippen LogP contribution in [0.4, 0.5) is 4.39 Å². The highest BCUT2D eigenvalue weighted by molar-refractivity contribution is 5.77. The fourth-order valence-electron chi connectivity index (χ4n) is 1.30. The Bertz CT molecular complexity index is 605. The van der Waals surface area contributed by atoms with Gasteiger partial charge in [0.15, 0.2) is 6.61 Å². The van der Waals surface area contributed by atoms with E-state index in [1.165, 1.54) is 24.3 Å². The number of hydrogen-bond donors (Lipinski definition) is 3. The molecule has 0 aliphatic rings. The second kappa shape index (κ2) is 5.80. The third-order valence-electron chi connectivity index (χ3n) is 2.19. The van der Waals surface area contributed by atoms with E-state index in [1.54, 1.807) is 0 Å². The Morgan fingerprint density at radius 3 is 2.74 bits per heavy atom. The summed E-state index contributed by atoms with van der Waals surface area (Å²) in [5, 5.41) is 8.31. The highest BCUT2D eigenvalue weighted by Crippen LogP contribution is 2.10. The molecule has 1 heterocycles. The SMILES string of the molecule is O=C(COc1ccc(F)cc1)NCc1n[nH]c(=O)[nH]1. The number of benzene rings is 1. The van der Waals surface area contributed by atoms with Crippen LogP contribution in [0.5, 0.6) is 5.75 Å². The number of nitrogens with zero attached hydrogens (tertiary/aromatic N) is 1. The Morgan fingerprint density at radius 1 is 1.37 bits per heavy atom. The van der Waals surface area contributed by atoms with E-state index >= 15 is 0 Å². The predicted octanol–water partition coefficient (Wildman–Crippen LogP) is -0.0677. The van der Waals surface area contributed by atoms with Gasteiger partial charge in [0.1, 0.15) is 17.4 Å². The number of nitrogens with one attached hydrogen (secondary N) is 3. The van der Waals surface area contributed by atoms with Crippen molar-refractivity contribution in [2.75, 3.05) is 6.61 Å². The van der Waals surface area contributed by atoms with Gasteiger partial charge in [0.25, 0.3) is 5.91 Å². The van der Waals surface area contributed by atoms with E-state index in [0.717, 1.165) is 0 Å². The second-order valence-corrected chi connectivity index (χ2v) is 3.64. The van der Waals surface area contributed by atoms with Crippen LogP contribution < -0.4 is 15.7 Å². The van der Waals surface area contributed by atoms with Gasteiger partial charge in [0, 0.05) is 0 Å². The normalized spacial score (nSPS) is 10.2. The second-order valence-electron chi connectivity index (χ2n) is 3.64. The van der Waals surface area contributed by atoms with E-state index in [2.05, 4.69) is 20.5 Å². The van der Waals surface area contributed by atoms with Crippen molar-refractivity contribution in [3.63, 3.8) is 0 Å². The molecule has 7 nitrogen and oxygen atoms in total. The van der Waals surface area contributed by atoms with Crippen molar-refractivity contribution in [2.24, 2.45) is 0 Å². The molecule has 19 heavy (non-hydrogen) atoms. The van der Waals surface area contributed by atoms with Gasteiger partial charge in [-0.3, -0.25) is 9.78 Å². The molecule has 0 unspecified atom stereocenters. The number of amides is 1. The molecule has 100 valence electrons. The maximum atomic E-state index is 12.6. The Hall–Kier alpha value is -2.64. The maximum Gasteiger partial charge on any atom is 0.340 e. The van der Waals surface area contributed by atoms with Gasteiger partial charge in [-0.05, 0) is 24.3 Å². The minimum atomic E-state index is -0.438. The average Bonchev–Trinajstić information content (AvgIpc) is 2.81. The van der Waals surface area contributed by atoms with Crippen LogP contribution in [0.15, 0.2) is 29.1 Å². The Labute approximate surface area is 106 Å². The molecule has 2 rings (SSSR count). The zero-order valence-corrected chi connectivity index (χ0v) is 9.77. The predicted molar refractivity (Wildman–Crippen MR) is 63.0 cm³/mol. The summed E-state index contributed by atoms with van der Waals surface area (Å²) in [6, 6.07) is 5.32. The van der Waals surface area contributed by atoms with Crippen LogP contribution in [-0.2, 0) is 11.3 Å². The van der Waals surface area contributed by atoms with Crippen molar-refractivity contribution in [3.05, 3.63) is 46.4 Å². The van der Waals surface area contributed by atoms with Gasteiger partial charge in [-0.1, -0.05) is 0 Å². The van der Waals surface area contributed by atoms with Gasteiger partial charge in [-0.25, -0.2) is 14.3 Å². The molecule has 0 fully saturated rings. The van der Waals surface area contributed by atoms with Crippen molar-refractivity contribution < 1.29 is 13.9 Å². The standard InChI is InChI=1S/C11H11FN4O3/c12-7-1-3-8(4-2-7)19-6-10(17)13-5-9-14-11(18)16-15-9/h1-4H,5-6H2,(H,13,17)(H2,14,15,16,18). The Balaban J connectivity index is 1.75. The van der Waals surface area contributed by atoms with Crippen molar-refractivity contribution in [1.29, 1.82) is 0 Å². The van der Waals surface area contributed by atoms with Crippen molar-refractivity contribution in [3.8, 4) is 5.75 Å². The first-order valence-corrected chi connectivity index (χ1v) is 5.42. The molecule has 0 saturated carbocycles. The number of carbonyl (C=O) groups excluding carboxylic acids is 1. The van der Waals surface area contributed by atoms with Crippen LogP contribution in [0.2, 0.25) is 0 Å². The summed E-state index contributed by atoms with van der Waals surface area (Å²) in [6.45, 7) is -0.120. The summed E-state index contributed by atoms with van der Waals surface area (Å²) in [4.78, 5) is 24.5. The molecular weight excluding hydrogens is 255 g/mol. The minimum absolute atomic E-state index is 0.0876. The summed E-state index contributed by atoms with van der Waals surface area (Å²) >= 11 is 0. The van der Waals surface area contributed by atoms with Gasteiger partial charge < -0.3 is 10.1 Å². The van der Waals surface area contributed by atoms with Crippen LogP contribution in [0.3, 0.4) is 0 Å². The van der Waals surface area contributed by atoms with Crippen molar-refractivity contribution >= 4 is 5.91 Å². The molecule has 1 aromatic heterocycles. The summed E-state index contributed by atoms with van der Waals surface area (Å²) in [5.74, 6) is -0.0441. The molecule has 0 radical (unpaired) electrons. The zero-order chi connectivity index (χ0) is 13.7. The molecule has 0 bridgehead atoms. The number of ether oxygens (including phenoxy) is 1. The number of halogens is 1. The van der Waals surface area contributed by atoms with Crippen LogP contribution in [0, 0.1) is 5.82 Å². The first-order valence-electron chi connectivity index (χ1n) is 5.42. The molecular formula is C11H11FN4O3. The molecule has 0 aliphatic carbocycles. The van der Waals surface area contributed by atoms with Gasteiger partial charge in [-0.2, -0.15) is 5.10 Å². The van der Waals surface area contributed by atoms with Gasteiger partial charge in [0.05, 0.1) is 6.54 Å². The lowest BCUT2D eigenvalue weighted by molar-refractivity contribution is -0.123. The fraction of sp³-hybridized carbons (Fsp3) is 0.182. The zero-order valence-electron chi connectivity index (χ0n) is 9.77. The van der Waals surface area contributed by atoms with Crippen LogP contribution in [0.25, 0.3) is 0 Å². The lowest BCUT2D eigenvalue weighted by atomic mass is 10.3. The highest BCUT2D eigenvalue weighted by Gasteiger charge is 2.04. The van der Waals surface area contributed by atoms with Crippen LogP contribution in [0.1, 0.15) is 5.82 Å². The smallest absolute Gasteiger partial charge is 0.340 e. The highest BCUT2D eigenvalue weighted by atomic mass is 19.1. The Kier molecular flexibility index (Phi) is 3.91. The van der Waals surface area contributed by atoms with Gasteiger partial charge in [0.2, 0.25) is 0 Å². The minimum Gasteiger partial charge on any atom is -0.484 e. The van der Waals surface area contributed by atoms with E-state index in [4.69, 9.17) is 4.74 Å². The molecule has 0 aliphatic heterocycles. The third-order valence-corrected chi connectivity index (χ3v) is 2.19. The quantitative estimate of drug-likeness (QED) is 0.705.